The zero-order valence-corrected chi connectivity index (χ0v) is 13.6. The maximum atomic E-state index is 12.6. The lowest BCUT2D eigenvalue weighted by molar-refractivity contribution is 0.0782. The van der Waals surface area contributed by atoms with Gasteiger partial charge < -0.3 is 9.47 Å². The maximum absolute atomic E-state index is 12.6. The summed E-state index contributed by atoms with van der Waals surface area (Å²) in [7, 11) is 3.58. The van der Waals surface area contributed by atoms with Crippen molar-refractivity contribution >= 4 is 17.1 Å². The molecule has 124 valence electrons. The second-order valence-electron chi connectivity index (χ2n) is 6.18. The van der Waals surface area contributed by atoms with E-state index in [9.17, 15) is 9.59 Å². The molecule has 1 aliphatic heterocycles. The number of hydrogen-bond donors (Lipinski definition) is 0. The number of pyridine rings is 1. The molecule has 3 aromatic heterocycles. The Labute approximate surface area is 138 Å². The van der Waals surface area contributed by atoms with Crippen LogP contribution in [0.25, 0.3) is 11.2 Å². The number of imidazole rings is 2. The number of aromatic nitrogens is 5. The third kappa shape index (κ3) is 2.14. The smallest absolute Gasteiger partial charge is 0.330 e. The van der Waals surface area contributed by atoms with E-state index in [0.29, 0.717) is 24.4 Å². The third-order valence-electron chi connectivity index (χ3n) is 4.59. The Kier molecular flexibility index (Phi) is 3.26. The molecule has 0 radical (unpaired) electrons. The van der Waals surface area contributed by atoms with Crippen molar-refractivity contribution in [2.75, 3.05) is 13.1 Å². The Balaban J connectivity index is 1.65. The Morgan fingerprint density at radius 2 is 2.12 bits per heavy atom. The number of carbonyl (C=O) groups is 1. The zero-order chi connectivity index (χ0) is 16.8. The maximum Gasteiger partial charge on any atom is 0.330 e. The molecule has 0 saturated carbocycles. The lowest BCUT2D eigenvalue weighted by Crippen LogP contribution is -2.32. The summed E-state index contributed by atoms with van der Waals surface area (Å²) >= 11 is 0. The van der Waals surface area contributed by atoms with Gasteiger partial charge in [-0.25, -0.2) is 14.8 Å². The van der Waals surface area contributed by atoms with E-state index in [4.69, 9.17) is 0 Å². The van der Waals surface area contributed by atoms with E-state index in [1.165, 1.54) is 0 Å². The molecule has 1 atom stereocenters. The van der Waals surface area contributed by atoms with Crippen molar-refractivity contribution in [1.29, 1.82) is 0 Å². The van der Waals surface area contributed by atoms with E-state index in [1.807, 2.05) is 19.2 Å². The summed E-state index contributed by atoms with van der Waals surface area (Å²) in [4.78, 5) is 35.4. The standard InChI is InChI=1S/C16H18N6O2/c1-19-9-12(18-10-19)15(23)21-7-5-11(8-21)22-14-13(4-3-6-17-14)20(2)16(22)24/h3-4,6,9-11H,5,7-8H2,1-2H3/t11-/m1/s1. The van der Waals surface area contributed by atoms with Gasteiger partial charge in [-0.2, -0.15) is 0 Å². The Hall–Kier alpha value is -2.90. The highest BCUT2D eigenvalue weighted by atomic mass is 16.2. The number of rotatable bonds is 2. The second kappa shape index (κ2) is 5.33. The Morgan fingerprint density at radius 3 is 2.88 bits per heavy atom. The lowest BCUT2D eigenvalue weighted by atomic mass is 10.2. The summed E-state index contributed by atoms with van der Waals surface area (Å²) in [5, 5.41) is 0. The van der Waals surface area contributed by atoms with Crippen LogP contribution in [0, 0.1) is 0 Å². The molecule has 0 spiro atoms. The molecule has 0 bridgehead atoms. The highest BCUT2D eigenvalue weighted by Gasteiger charge is 2.31. The summed E-state index contributed by atoms with van der Waals surface area (Å²) in [6, 6.07) is 3.63. The van der Waals surface area contributed by atoms with Crippen LogP contribution >= 0.6 is 0 Å². The van der Waals surface area contributed by atoms with Gasteiger partial charge in [-0.05, 0) is 18.6 Å². The summed E-state index contributed by atoms with van der Waals surface area (Å²) in [5.41, 5.74) is 1.81. The van der Waals surface area contributed by atoms with Crippen LogP contribution in [0.3, 0.4) is 0 Å². The minimum Gasteiger partial charge on any atom is -0.340 e. The van der Waals surface area contributed by atoms with Gasteiger partial charge >= 0.3 is 5.69 Å². The number of nitrogens with zero attached hydrogens (tertiary/aromatic N) is 6. The van der Waals surface area contributed by atoms with Gasteiger partial charge in [0.1, 0.15) is 5.69 Å². The van der Waals surface area contributed by atoms with Crippen molar-refractivity contribution in [3.05, 3.63) is 47.0 Å². The van der Waals surface area contributed by atoms with Gasteiger partial charge in [-0.3, -0.25) is 13.9 Å². The number of likely N-dealkylation sites (tertiary alicyclic amines) is 1. The molecule has 24 heavy (non-hydrogen) atoms. The van der Waals surface area contributed by atoms with E-state index in [2.05, 4.69) is 9.97 Å². The molecule has 0 unspecified atom stereocenters. The molecule has 4 heterocycles. The molecule has 0 N–H and O–H groups in total. The van der Waals surface area contributed by atoms with Gasteiger partial charge in [0, 0.05) is 39.6 Å². The highest BCUT2D eigenvalue weighted by molar-refractivity contribution is 5.92. The fourth-order valence-electron chi connectivity index (χ4n) is 3.34. The van der Waals surface area contributed by atoms with Crippen LogP contribution in [0.15, 0.2) is 35.6 Å². The van der Waals surface area contributed by atoms with Gasteiger partial charge in [0.25, 0.3) is 5.91 Å². The van der Waals surface area contributed by atoms with Crippen molar-refractivity contribution < 1.29 is 4.79 Å². The van der Waals surface area contributed by atoms with E-state index in [1.54, 1.807) is 44.4 Å². The van der Waals surface area contributed by atoms with Crippen molar-refractivity contribution in [2.45, 2.75) is 12.5 Å². The minimum atomic E-state index is -0.0978. The summed E-state index contributed by atoms with van der Waals surface area (Å²) in [5.74, 6) is -0.0978. The van der Waals surface area contributed by atoms with Crippen LogP contribution < -0.4 is 5.69 Å². The summed E-state index contributed by atoms with van der Waals surface area (Å²) in [6.45, 7) is 1.10. The molecule has 1 saturated heterocycles. The van der Waals surface area contributed by atoms with E-state index in [-0.39, 0.29) is 17.6 Å². The molecule has 4 rings (SSSR count). The molecule has 8 nitrogen and oxygen atoms in total. The van der Waals surface area contributed by atoms with Gasteiger partial charge in [-0.1, -0.05) is 0 Å². The van der Waals surface area contributed by atoms with Crippen LogP contribution in [0.1, 0.15) is 23.0 Å². The lowest BCUT2D eigenvalue weighted by Gasteiger charge is -2.15. The summed E-state index contributed by atoms with van der Waals surface area (Å²) < 4.78 is 5.06. The number of fused-ring (bicyclic) bond motifs is 1. The quantitative estimate of drug-likeness (QED) is 0.689. The Bertz CT molecular complexity index is 982. The largest absolute Gasteiger partial charge is 0.340 e. The van der Waals surface area contributed by atoms with Crippen molar-refractivity contribution in [1.82, 2.24) is 28.6 Å². The first kappa shape index (κ1) is 14.7. The predicted octanol–water partition coefficient (Wildman–Crippen LogP) is 0.556. The minimum absolute atomic E-state index is 0.0660. The monoisotopic (exact) mass is 326 g/mol. The molecule has 3 aromatic rings. The van der Waals surface area contributed by atoms with E-state index < -0.39 is 0 Å². The number of amides is 1. The van der Waals surface area contributed by atoms with Gasteiger partial charge in [0.2, 0.25) is 0 Å². The molecule has 1 aliphatic rings. The fraction of sp³-hybridized carbons (Fsp3) is 0.375. The predicted molar refractivity (Wildman–Crippen MR) is 87.7 cm³/mol. The first-order valence-electron chi connectivity index (χ1n) is 7.85. The van der Waals surface area contributed by atoms with Gasteiger partial charge in [-0.15, -0.1) is 0 Å². The number of carbonyl (C=O) groups excluding carboxylic acids is 1. The van der Waals surface area contributed by atoms with Crippen molar-refractivity contribution in [3.63, 3.8) is 0 Å². The van der Waals surface area contributed by atoms with Gasteiger partial charge in [0.15, 0.2) is 5.65 Å². The molecular formula is C16H18N6O2. The van der Waals surface area contributed by atoms with Crippen LogP contribution in [-0.4, -0.2) is 47.6 Å². The first-order chi connectivity index (χ1) is 11.6. The molecule has 0 aliphatic carbocycles. The second-order valence-corrected chi connectivity index (χ2v) is 6.18. The van der Waals surface area contributed by atoms with Crippen LogP contribution in [0.4, 0.5) is 0 Å². The topological polar surface area (TPSA) is 78.0 Å². The highest BCUT2D eigenvalue weighted by Crippen LogP contribution is 2.24. The third-order valence-corrected chi connectivity index (χ3v) is 4.59. The first-order valence-corrected chi connectivity index (χ1v) is 7.85. The van der Waals surface area contributed by atoms with E-state index in [0.717, 1.165) is 11.9 Å². The average molecular weight is 326 g/mol. The van der Waals surface area contributed by atoms with Crippen LogP contribution in [0.5, 0.6) is 0 Å². The number of aryl methyl sites for hydroxylation is 2. The van der Waals surface area contributed by atoms with Gasteiger partial charge in [0.05, 0.1) is 17.9 Å². The van der Waals surface area contributed by atoms with Crippen LogP contribution in [-0.2, 0) is 14.1 Å². The van der Waals surface area contributed by atoms with E-state index >= 15 is 0 Å². The Morgan fingerprint density at radius 1 is 1.29 bits per heavy atom. The molecule has 0 aromatic carbocycles. The zero-order valence-electron chi connectivity index (χ0n) is 13.6. The summed E-state index contributed by atoms with van der Waals surface area (Å²) in [6.07, 6.45) is 5.74. The SMILES string of the molecule is Cn1cnc(C(=O)N2CC[C@@H](n3c(=O)n(C)c4cccnc43)C2)c1. The van der Waals surface area contributed by atoms with Crippen molar-refractivity contribution in [3.8, 4) is 0 Å². The molecule has 8 heteroatoms. The molecule has 1 amide bonds. The van der Waals surface area contributed by atoms with Crippen LogP contribution in [0.2, 0.25) is 0 Å². The normalized spacial score (nSPS) is 17.8. The molecule has 1 fully saturated rings. The molecular weight excluding hydrogens is 308 g/mol. The number of hydrogen-bond acceptors (Lipinski definition) is 4. The average Bonchev–Trinajstić information content (AvgIpc) is 3.28. The fourth-order valence-corrected chi connectivity index (χ4v) is 3.34. The van der Waals surface area contributed by atoms with Crippen molar-refractivity contribution in [2.24, 2.45) is 14.1 Å².